The summed E-state index contributed by atoms with van der Waals surface area (Å²) in [6.07, 6.45) is 7.79. The number of hydrogen-bond acceptors (Lipinski definition) is 5. The Morgan fingerprint density at radius 1 is 1.06 bits per heavy atom. The van der Waals surface area contributed by atoms with Crippen molar-refractivity contribution in [1.82, 2.24) is 24.5 Å². The molecule has 0 spiro atoms. The van der Waals surface area contributed by atoms with Gasteiger partial charge >= 0.3 is 0 Å². The SMILES string of the molecule is CCC1CC(c2ccnc3c(-c4ccc(Cl)c(OC)c4)c(-c4ccncc4)nn23)C(C)N1CC. The molecule has 1 fully saturated rings. The molecule has 0 radical (unpaired) electrons. The van der Waals surface area contributed by atoms with E-state index in [4.69, 9.17) is 26.4 Å². The smallest absolute Gasteiger partial charge is 0.163 e. The van der Waals surface area contributed by atoms with E-state index in [1.54, 1.807) is 19.5 Å². The number of pyridine rings is 1. The number of rotatable bonds is 6. The molecule has 0 N–H and O–H groups in total. The molecule has 6 nitrogen and oxygen atoms in total. The minimum absolute atomic E-state index is 0.383. The highest BCUT2D eigenvalue weighted by molar-refractivity contribution is 6.32. The van der Waals surface area contributed by atoms with Crippen LogP contribution >= 0.6 is 11.6 Å². The summed E-state index contributed by atoms with van der Waals surface area (Å²) in [5.74, 6) is 1.01. The van der Waals surface area contributed by atoms with Crippen molar-refractivity contribution in [3.8, 4) is 28.1 Å². The lowest BCUT2D eigenvalue weighted by Gasteiger charge is -2.27. The zero-order valence-corrected chi connectivity index (χ0v) is 20.8. The van der Waals surface area contributed by atoms with Crippen molar-refractivity contribution in [2.75, 3.05) is 13.7 Å². The third-order valence-corrected chi connectivity index (χ3v) is 7.57. The summed E-state index contributed by atoms with van der Waals surface area (Å²) in [5, 5.41) is 5.73. The number of hydrogen-bond donors (Lipinski definition) is 0. The summed E-state index contributed by atoms with van der Waals surface area (Å²) in [7, 11) is 1.63. The van der Waals surface area contributed by atoms with Gasteiger partial charge < -0.3 is 4.74 Å². The van der Waals surface area contributed by atoms with E-state index in [0.29, 0.717) is 28.8 Å². The number of halogens is 1. The molecule has 7 heteroatoms. The van der Waals surface area contributed by atoms with Crippen LogP contribution in [0.5, 0.6) is 5.75 Å². The second kappa shape index (κ2) is 9.35. The molecule has 0 amide bonds. The van der Waals surface area contributed by atoms with Crippen LogP contribution in [0.3, 0.4) is 0 Å². The minimum atomic E-state index is 0.383. The Kier molecular flexibility index (Phi) is 6.28. The van der Waals surface area contributed by atoms with Gasteiger partial charge in [0.15, 0.2) is 5.65 Å². The molecule has 34 heavy (non-hydrogen) atoms. The van der Waals surface area contributed by atoms with Gasteiger partial charge in [-0.15, -0.1) is 0 Å². The predicted molar refractivity (Wildman–Crippen MR) is 136 cm³/mol. The molecule has 4 heterocycles. The first-order valence-electron chi connectivity index (χ1n) is 11.9. The molecular weight excluding hydrogens is 446 g/mol. The zero-order chi connectivity index (χ0) is 23.8. The monoisotopic (exact) mass is 475 g/mol. The van der Waals surface area contributed by atoms with Gasteiger partial charge in [-0.25, -0.2) is 9.50 Å². The van der Waals surface area contributed by atoms with Crippen LogP contribution in [0.4, 0.5) is 0 Å². The zero-order valence-electron chi connectivity index (χ0n) is 20.1. The van der Waals surface area contributed by atoms with E-state index in [-0.39, 0.29) is 0 Å². The summed E-state index contributed by atoms with van der Waals surface area (Å²) in [6.45, 7) is 7.94. The normalized spacial score (nSPS) is 20.8. The highest BCUT2D eigenvalue weighted by Crippen LogP contribution is 2.42. The van der Waals surface area contributed by atoms with Gasteiger partial charge in [0.05, 0.1) is 23.4 Å². The first-order valence-corrected chi connectivity index (χ1v) is 12.3. The molecule has 1 aromatic carbocycles. The molecule has 3 atom stereocenters. The quantitative estimate of drug-likeness (QED) is 0.337. The summed E-state index contributed by atoms with van der Waals surface area (Å²) in [6, 6.07) is 13.0. The Morgan fingerprint density at radius 3 is 2.53 bits per heavy atom. The maximum atomic E-state index is 6.34. The first kappa shape index (κ1) is 22.8. The second-order valence-electron chi connectivity index (χ2n) is 8.89. The predicted octanol–water partition coefficient (Wildman–Crippen LogP) is 6.10. The molecule has 3 unspecified atom stereocenters. The van der Waals surface area contributed by atoms with Crippen LogP contribution in [-0.2, 0) is 0 Å². The molecule has 0 bridgehead atoms. The summed E-state index contributed by atoms with van der Waals surface area (Å²) in [4.78, 5) is 11.6. The van der Waals surface area contributed by atoms with Crippen molar-refractivity contribution in [1.29, 1.82) is 0 Å². The van der Waals surface area contributed by atoms with Crippen LogP contribution in [0.25, 0.3) is 28.0 Å². The van der Waals surface area contributed by atoms with Gasteiger partial charge in [-0.3, -0.25) is 9.88 Å². The van der Waals surface area contributed by atoms with Crippen LogP contribution in [0, 0.1) is 0 Å². The number of fused-ring (bicyclic) bond motifs is 1. The molecule has 1 saturated heterocycles. The summed E-state index contributed by atoms with van der Waals surface area (Å²) in [5.41, 5.74) is 5.84. The summed E-state index contributed by atoms with van der Waals surface area (Å²) >= 11 is 6.34. The highest BCUT2D eigenvalue weighted by Gasteiger charge is 2.39. The van der Waals surface area contributed by atoms with E-state index in [0.717, 1.165) is 47.4 Å². The van der Waals surface area contributed by atoms with Crippen molar-refractivity contribution in [2.45, 2.75) is 51.6 Å². The Bertz CT molecular complexity index is 1310. The first-order chi connectivity index (χ1) is 16.6. The number of aromatic nitrogens is 4. The van der Waals surface area contributed by atoms with E-state index in [1.807, 2.05) is 36.5 Å². The average Bonchev–Trinajstić information content (AvgIpc) is 3.42. The van der Waals surface area contributed by atoms with Crippen LogP contribution < -0.4 is 4.74 Å². The number of ether oxygens (including phenoxy) is 1. The molecular formula is C27H30ClN5O. The molecule has 1 aliphatic heterocycles. The molecule has 4 aromatic rings. The van der Waals surface area contributed by atoms with Gasteiger partial charge in [0.2, 0.25) is 0 Å². The molecule has 0 saturated carbocycles. The fourth-order valence-electron chi connectivity index (χ4n) is 5.54. The van der Waals surface area contributed by atoms with E-state index >= 15 is 0 Å². The average molecular weight is 476 g/mol. The van der Waals surface area contributed by atoms with Crippen LogP contribution in [0.2, 0.25) is 5.02 Å². The molecule has 1 aliphatic rings. The van der Waals surface area contributed by atoms with E-state index < -0.39 is 0 Å². The van der Waals surface area contributed by atoms with Crippen molar-refractivity contribution in [2.24, 2.45) is 0 Å². The van der Waals surface area contributed by atoms with Crippen molar-refractivity contribution >= 4 is 17.2 Å². The maximum Gasteiger partial charge on any atom is 0.163 e. The lowest BCUT2D eigenvalue weighted by molar-refractivity contribution is 0.205. The van der Waals surface area contributed by atoms with Crippen LogP contribution in [-0.4, -0.2) is 50.2 Å². The largest absolute Gasteiger partial charge is 0.495 e. The number of likely N-dealkylation sites (tertiary alicyclic amines) is 1. The molecule has 0 aliphatic carbocycles. The van der Waals surface area contributed by atoms with E-state index in [1.165, 1.54) is 5.69 Å². The lowest BCUT2D eigenvalue weighted by atomic mass is 9.95. The third-order valence-electron chi connectivity index (χ3n) is 7.26. The van der Waals surface area contributed by atoms with Gasteiger partial charge in [-0.05, 0) is 62.2 Å². The number of methoxy groups -OCH3 is 1. The van der Waals surface area contributed by atoms with E-state index in [9.17, 15) is 0 Å². The van der Waals surface area contributed by atoms with Crippen molar-refractivity contribution in [3.05, 3.63) is 65.7 Å². The molecule has 5 rings (SSSR count). The van der Waals surface area contributed by atoms with Gasteiger partial charge in [0, 0.05) is 42.2 Å². The second-order valence-corrected chi connectivity index (χ2v) is 9.30. The lowest BCUT2D eigenvalue weighted by Crippen LogP contribution is -2.35. The van der Waals surface area contributed by atoms with Gasteiger partial charge in [-0.1, -0.05) is 31.5 Å². The van der Waals surface area contributed by atoms with E-state index in [2.05, 4.69) is 41.2 Å². The van der Waals surface area contributed by atoms with Crippen molar-refractivity contribution in [3.63, 3.8) is 0 Å². The molecule has 176 valence electrons. The number of likely N-dealkylation sites (N-methyl/N-ethyl adjacent to an activating group) is 1. The third kappa shape index (κ3) is 3.75. The highest BCUT2D eigenvalue weighted by atomic mass is 35.5. The fourth-order valence-corrected chi connectivity index (χ4v) is 5.74. The minimum Gasteiger partial charge on any atom is -0.495 e. The van der Waals surface area contributed by atoms with Crippen LogP contribution in [0.15, 0.2) is 55.0 Å². The van der Waals surface area contributed by atoms with Gasteiger partial charge in [0.1, 0.15) is 11.4 Å². The van der Waals surface area contributed by atoms with Crippen molar-refractivity contribution < 1.29 is 4.74 Å². The Hall–Kier alpha value is -2.96. The topological polar surface area (TPSA) is 55.6 Å². The van der Waals surface area contributed by atoms with Gasteiger partial charge in [-0.2, -0.15) is 5.10 Å². The fraction of sp³-hybridized carbons (Fsp3) is 0.370. The van der Waals surface area contributed by atoms with Gasteiger partial charge in [0.25, 0.3) is 0 Å². The Labute approximate surface area is 205 Å². The number of benzene rings is 1. The van der Waals surface area contributed by atoms with Crippen LogP contribution in [0.1, 0.15) is 45.2 Å². The number of nitrogens with zero attached hydrogens (tertiary/aromatic N) is 5. The standard InChI is InChI=1S/C27H30ClN5O/c1-5-20-16-21(17(3)32(20)6-2)23-11-14-30-27-25(19-7-8-22(28)24(15-19)34-4)26(31-33(23)27)18-9-12-29-13-10-18/h7-15,17,20-21H,5-6,16H2,1-4H3. The maximum absolute atomic E-state index is 6.34. The molecule has 3 aromatic heterocycles. The Balaban J connectivity index is 1.74. The summed E-state index contributed by atoms with van der Waals surface area (Å²) < 4.78 is 7.57. The Morgan fingerprint density at radius 2 is 1.85 bits per heavy atom.